The van der Waals surface area contributed by atoms with Gasteiger partial charge in [0.15, 0.2) is 5.82 Å². The summed E-state index contributed by atoms with van der Waals surface area (Å²) in [5, 5.41) is 7.66. The van der Waals surface area contributed by atoms with Crippen LogP contribution in [0.25, 0.3) is 0 Å². The van der Waals surface area contributed by atoms with E-state index in [1.807, 2.05) is 0 Å². The summed E-state index contributed by atoms with van der Waals surface area (Å²) >= 11 is 0. The largest absolute Gasteiger partial charge is 0.374 e. The lowest BCUT2D eigenvalue weighted by Crippen LogP contribution is -2.25. The van der Waals surface area contributed by atoms with E-state index in [4.69, 9.17) is 9.26 Å². The van der Waals surface area contributed by atoms with Gasteiger partial charge in [0, 0.05) is 6.04 Å². The van der Waals surface area contributed by atoms with E-state index in [2.05, 4.69) is 15.5 Å². The monoisotopic (exact) mass is 263 g/mol. The van der Waals surface area contributed by atoms with Crippen molar-refractivity contribution in [3.05, 3.63) is 11.7 Å². The Morgan fingerprint density at radius 3 is 2.79 bits per heavy atom. The molecular formula is C14H21N3O2. The van der Waals surface area contributed by atoms with Crippen LogP contribution in [0, 0.1) is 0 Å². The SMILES string of the molecule is C1CCC(NCc2nc(C3CC4CCC3O4)no2)C1. The van der Waals surface area contributed by atoms with Crippen LogP contribution in [-0.4, -0.2) is 28.4 Å². The summed E-state index contributed by atoms with van der Waals surface area (Å²) in [6.07, 6.45) is 9.44. The highest BCUT2D eigenvalue weighted by Crippen LogP contribution is 2.43. The molecule has 3 heterocycles. The quantitative estimate of drug-likeness (QED) is 0.901. The van der Waals surface area contributed by atoms with Crippen LogP contribution in [-0.2, 0) is 11.3 Å². The summed E-state index contributed by atoms with van der Waals surface area (Å²) in [7, 11) is 0. The minimum atomic E-state index is 0.332. The summed E-state index contributed by atoms with van der Waals surface area (Å²) in [4.78, 5) is 4.55. The molecule has 3 unspecified atom stereocenters. The molecule has 5 nitrogen and oxygen atoms in total. The van der Waals surface area contributed by atoms with Crippen molar-refractivity contribution in [2.24, 2.45) is 0 Å². The van der Waals surface area contributed by atoms with Gasteiger partial charge in [-0.05, 0) is 32.1 Å². The summed E-state index contributed by atoms with van der Waals surface area (Å²) < 4.78 is 11.2. The summed E-state index contributed by atoms with van der Waals surface area (Å²) in [6, 6.07) is 0.640. The third-order valence-corrected chi connectivity index (χ3v) is 4.82. The van der Waals surface area contributed by atoms with Gasteiger partial charge in [0.05, 0.1) is 24.7 Å². The van der Waals surface area contributed by atoms with Crippen LogP contribution in [0.3, 0.4) is 0 Å². The zero-order chi connectivity index (χ0) is 12.7. The molecule has 0 radical (unpaired) electrons. The summed E-state index contributed by atoms with van der Waals surface area (Å²) in [5.41, 5.74) is 0. The van der Waals surface area contributed by atoms with E-state index in [1.54, 1.807) is 0 Å². The van der Waals surface area contributed by atoms with E-state index in [9.17, 15) is 0 Å². The summed E-state index contributed by atoms with van der Waals surface area (Å²) in [5.74, 6) is 1.95. The smallest absolute Gasteiger partial charge is 0.240 e. The Balaban J connectivity index is 1.36. The van der Waals surface area contributed by atoms with Gasteiger partial charge in [-0.25, -0.2) is 0 Å². The first-order valence-corrected chi connectivity index (χ1v) is 7.60. The molecule has 2 bridgehead atoms. The second-order valence-corrected chi connectivity index (χ2v) is 6.12. The molecule has 2 saturated heterocycles. The predicted molar refractivity (Wildman–Crippen MR) is 68.6 cm³/mol. The van der Waals surface area contributed by atoms with E-state index in [0.717, 1.165) is 24.6 Å². The van der Waals surface area contributed by atoms with Gasteiger partial charge >= 0.3 is 0 Å². The number of ether oxygens (including phenoxy) is 1. The second kappa shape index (κ2) is 4.87. The molecule has 3 atom stereocenters. The van der Waals surface area contributed by atoms with Crippen molar-refractivity contribution in [1.29, 1.82) is 0 Å². The maximum atomic E-state index is 5.85. The Morgan fingerprint density at radius 2 is 2.05 bits per heavy atom. The fraction of sp³-hybridized carbons (Fsp3) is 0.857. The average Bonchev–Trinajstić information content (AvgIpc) is 3.19. The Bertz CT molecular complexity index is 442. The highest BCUT2D eigenvalue weighted by Gasteiger charge is 2.43. The van der Waals surface area contributed by atoms with Gasteiger partial charge < -0.3 is 14.6 Å². The fourth-order valence-electron chi connectivity index (χ4n) is 3.76. The van der Waals surface area contributed by atoms with Crippen molar-refractivity contribution >= 4 is 0 Å². The zero-order valence-electron chi connectivity index (χ0n) is 11.2. The van der Waals surface area contributed by atoms with Gasteiger partial charge in [-0.2, -0.15) is 4.98 Å². The van der Waals surface area contributed by atoms with Crippen LogP contribution >= 0.6 is 0 Å². The van der Waals surface area contributed by atoms with Crippen molar-refractivity contribution in [2.45, 2.75) is 75.7 Å². The number of rotatable bonds is 4. The Morgan fingerprint density at radius 1 is 1.16 bits per heavy atom. The lowest BCUT2D eigenvalue weighted by molar-refractivity contribution is 0.0996. The highest BCUT2D eigenvalue weighted by atomic mass is 16.5. The molecule has 2 aliphatic heterocycles. The van der Waals surface area contributed by atoms with Crippen molar-refractivity contribution in [1.82, 2.24) is 15.5 Å². The number of nitrogens with one attached hydrogen (secondary N) is 1. The van der Waals surface area contributed by atoms with E-state index >= 15 is 0 Å². The number of fused-ring (bicyclic) bond motifs is 2. The molecule has 0 amide bonds. The first-order chi connectivity index (χ1) is 9.38. The lowest BCUT2D eigenvalue weighted by Gasteiger charge is -2.13. The Labute approximate surface area is 113 Å². The molecule has 0 aromatic carbocycles. The van der Waals surface area contributed by atoms with Gasteiger partial charge in [-0.3, -0.25) is 0 Å². The van der Waals surface area contributed by atoms with Gasteiger partial charge in [0.1, 0.15) is 0 Å². The zero-order valence-corrected chi connectivity index (χ0v) is 11.2. The van der Waals surface area contributed by atoms with Gasteiger partial charge in [-0.1, -0.05) is 18.0 Å². The van der Waals surface area contributed by atoms with Crippen LogP contribution in [0.4, 0.5) is 0 Å². The predicted octanol–water partition coefficient (Wildman–Crippen LogP) is 2.14. The molecule has 3 fully saturated rings. The van der Waals surface area contributed by atoms with Crippen LogP contribution in [0.2, 0.25) is 0 Å². The Kier molecular flexibility index (Phi) is 3.04. The van der Waals surface area contributed by atoms with Crippen molar-refractivity contribution in [2.75, 3.05) is 0 Å². The van der Waals surface area contributed by atoms with Crippen molar-refractivity contribution in [3.63, 3.8) is 0 Å². The second-order valence-electron chi connectivity index (χ2n) is 6.12. The Hall–Kier alpha value is -0.940. The van der Waals surface area contributed by atoms with Crippen LogP contribution < -0.4 is 5.32 Å². The minimum Gasteiger partial charge on any atom is -0.374 e. The maximum absolute atomic E-state index is 5.85. The molecule has 4 rings (SSSR count). The molecule has 1 aliphatic carbocycles. The molecule has 1 N–H and O–H groups in total. The number of aromatic nitrogens is 2. The number of nitrogens with zero attached hydrogens (tertiary/aromatic N) is 2. The molecule has 19 heavy (non-hydrogen) atoms. The van der Waals surface area contributed by atoms with Crippen molar-refractivity contribution < 1.29 is 9.26 Å². The van der Waals surface area contributed by atoms with Crippen LogP contribution in [0.5, 0.6) is 0 Å². The molecule has 104 valence electrons. The first kappa shape index (κ1) is 11.9. The topological polar surface area (TPSA) is 60.2 Å². The molecular weight excluding hydrogens is 242 g/mol. The van der Waals surface area contributed by atoms with E-state index in [0.29, 0.717) is 30.7 Å². The van der Waals surface area contributed by atoms with E-state index in [1.165, 1.54) is 32.1 Å². The molecule has 1 aromatic rings. The third-order valence-electron chi connectivity index (χ3n) is 4.82. The van der Waals surface area contributed by atoms with Crippen molar-refractivity contribution in [3.8, 4) is 0 Å². The standard InChI is InChI=1S/C14H21N3O2/c1-2-4-9(3-1)15-8-13-16-14(17-19-13)11-7-10-5-6-12(11)18-10/h9-12,15H,1-8H2. The van der Waals surface area contributed by atoms with E-state index in [-0.39, 0.29) is 0 Å². The minimum absolute atomic E-state index is 0.332. The first-order valence-electron chi connectivity index (χ1n) is 7.60. The normalized spacial score (nSPS) is 34.4. The lowest BCUT2D eigenvalue weighted by atomic mass is 9.89. The molecule has 5 heteroatoms. The molecule has 1 aromatic heterocycles. The van der Waals surface area contributed by atoms with E-state index < -0.39 is 0 Å². The molecule has 0 spiro atoms. The third kappa shape index (κ3) is 2.30. The van der Waals surface area contributed by atoms with Gasteiger partial charge in [-0.15, -0.1) is 0 Å². The molecule has 1 saturated carbocycles. The van der Waals surface area contributed by atoms with Gasteiger partial charge in [0.25, 0.3) is 0 Å². The van der Waals surface area contributed by atoms with Crippen LogP contribution in [0.1, 0.15) is 62.6 Å². The number of hydrogen-bond acceptors (Lipinski definition) is 5. The van der Waals surface area contributed by atoms with Crippen LogP contribution in [0.15, 0.2) is 4.52 Å². The highest BCUT2D eigenvalue weighted by molar-refractivity contribution is 5.06. The summed E-state index contributed by atoms with van der Waals surface area (Å²) in [6.45, 7) is 0.708. The average molecular weight is 263 g/mol. The van der Waals surface area contributed by atoms with Gasteiger partial charge in [0.2, 0.25) is 5.89 Å². The fourth-order valence-corrected chi connectivity index (χ4v) is 3.76. The molecule has 3 aliphatic rings. The number of hydrogen-bond donors (Lipinski definition) is 1. The maximum Gasteiger partial charge on any atom is 0.240 e.